The molecule has 5 nitrogen and oxygen atoms in total. The standard InChI is InChI=1S/C17H17NO4/c1-11(17(18)19)22-14-4-2-3-12(9-14)13-5-6-15-16(10-13)21-8-7-20-15/h2-6,9-11H,7-8H2,1H3,(H2,18,19). The normalized spacial score (nSPS) is 14.2. The monoisotopic (exact) mass is 299 g/mol. The minimum absolute atomic E-state index is 0.496. The Bertz CT molecular complexity index is 699. The number of nitrogens with two attached hydrogens (primary N) is 1. The van der Waals surface area contributed by atoms with Crippen molar-refractivity contribution in [3.8, 4) is 28.4 Å². The van der Waals surface area contributed by atoms with E-state index < -0.39 is 12.0 Å². The summed E-state index contributed by atoms with van der Waals surface area (Å²) >= 11 is 0. The number of carbonyl (C=O) groups excluding carboxylic acids is 1. The van der Waals surface area contributed by atoms with Crippen molar-refractivity contribution in [1.82, 2.24) is 0 Å². The number of hydrogen-bond acceptors (Lipinski definition) is 4. The molecule has 1 atom stereocenters. The van der Waals surface area contributed by atoms with E-state index in [1.165, 1.54) is 0 Å². The number of ether oxygens (including phenoxy) is 3. The maximum atomic E-state index is 11.1. The van der Waals surface area contributed by atoms with Crippen LogP contribution in [0.5, 0.6) is 17.2 Å². The van der Waals surface area contributed by atoms with Crippen LogP contribution >= 0.6 is 0 Å². The fourth-order valence-electron chi connectivity index (χ4n) is 2.23. The summed E-state index contributed by atoms with van der Waals surface area (Å²) in [6.45, 7) is 2.75. The zero-order chi connectivity index (χ0) is 15.5. The molecule has 1 aliphatic rings. The van der Waals surface area contributed by atoms with Crippen molar-refractivity contribution in [1.29, 1.82) is 0 Å². The van der Waals surface area contributed by atoms with E-state index >= 15 is 0 Å². The Labute approximate surface area is 128 Å². The van der Waals surface area contributed by atoms with Crippen molar-refractivity contribution in [2.75, 3.05) is 13.2 Å². The summed E-state index contributed by atoms with van der Waals surface area (Å²) in [4.78, 5) is 11.1. The zero-order valence-corrected chi connectivity index (χ0v) is 12.2. The van der Waals surface area contributed by atoms with Crippen LogP contribution in [0.2, 0.25) is 0 Å². The third kappa shape index (κ3) is 2.98. The van der Waals surface area contributed by atoms with Crippen LogP contribution in [0.3, 0.4) is 0 Å². The summed E-state index contributed by atoms with van der Waals surface area (Å²) in [7, 11) is 0. The lowest BCUT2D eigenvalue weighted by atomic mass is 10.0. The third-order valence-corrected chi connectivity index (χ3v) is 3.42. The van der Waals surface area contributed by atoms with Crippen LogP contribution in [-0.4, -0.2) is 25.2 Å². The van der Waals surface area contributed by atoms with Crippen molar-refractivity contribution in [2.24, 2.45) is 5.73 Å². The highest BCUT2D eigenvalue weighted by atomic mass is 16.6. The van der Waals surface area contributed by atoms with Gasteiger partial charge in [0.15, 0.2) is 17.6 Å². The Morgan fingerprint density at radius 3 is 2.59 bits per heavy atom. The highest BCUT2D eigenvalue weighted by Gasteiger charge is 2.14. The molecule has 2 N–H and O–H groups in total. The van der Waals surface area contributed by atoms with Crippen LogP contribution in [0, 0.1) is 0 Å². The van der Waals surface area contributed by atoms with Gasteiger partial charge in [0.1, 0.15) is 19.0 Å². The van der Waals surface area contributed by atoms with Gasteiger partial charge in [-0.05, 0) is 42.3 Å². The first-order chi connectivity index (χ1) is 10.6. The summed E-state index contributed by atoms with van der Waals surface area (Å²) in [6, 6.07) is 13.3. The van der Waals surface area contributed by atoms with Gasteiger partial charge in [0.2, 0.25) is 0 Å². The Kier molecular flexibility index (Phi) is 3.87. The van der Waals surface area contributed by atoms with E-state index in [0.717, 1.165) is 22.6 Å². The van der Waals surface area contributed by atoms with Crippen LogP contribution in [0.1, 0.15) is 6.92 Å². The molecule has 2 aromatic rings. The van der Waals surface area contributed by atoms with Gasteiger partial charge in [-0.3, -0.25) is 4.79 Å². The molecule has 0 saturated carbocycles. The number of hydrogen-bond donors (Lipinski definition) is 1. The molecule has 3 rings (SSSR count). The maximum absolute atomic E-state index is 11.1. The molecular formula is C17H17NO4. The Hall–Kier alpha value is -2.69. The van der Waals surface area contributed by atoms with Crippen LogP contribution in [0.15, 0.2) is 42.5 Å². The molecule has 2 aromatic carbocycles. The van der Waals surface area contributed by atoms with E-state index in [-0.39, 0.29) is 0 Å². The number of fused-ring (bicyclic) bond motifs is 1. The second kappa shape index (κ2) is 5.97. The van der Waals surface area contributed by atoms with Crippen molar-refractivity contribution in [3.63, 3.8) is 0 Å². The van der Waals surface area contributed by atoms with Gasteiger partial charge in [-0.2, -0.15) is 0 Å². The smallest absolute Gasteiger partial charge is 0.258 e. The lowest BCUT2D eigenvalue weighted by molar-refractivity contribution is -0.123. The average molecular weight is 299 g/mol. The van der Waals surface area contributed by atoms with Crippen molar-refractivity contribution < 1.29 is 19.0 Å². The van der Waals surface area contributed by atoms with Crippen LogP contribution in [0.4, 0.5) is 0 Å². The molecule has 22 heavy (non-hydrogen) atoms. The molecule has 0 aliphatic carbocycles. The van der Waals surface area contributed by atoms with E-state index in [4.69, 9.17) is 19.9 Å². The van der Waals surface area contributed by atoms with E-state index in [9.17, 15) is 4.79 Å². The summed E-state index contributed by atoms with van der Waals surface area (Å²) in [5.74, 6) is 1.59. The van der Waals surface area contributed by atoms with Gasteiger partial charge in [-0.1, -0.05) is 18.2 Å². The fourth-order valence-corrected chi connectivity index (χ4v) is 2.23. The van der Waals surface area contributed by atoms with E-state index in [2.05, 4.69) is 0 Å². The molecule has 0 saturated heterocycles. The number of primary amides is 1. The Morgan fingerprint density at radius 2 is 1.82 bits per heavy atom. The molecule has 0 radical (unpaired) electrons. The summed E-state index contributed by atoms with van der Waals surface area (Å²) in [5, 5.41) is 0. The molecule has 0 aromatic heterocycles. The van der Waals surface area contributed by atoms with Crippen LogP contribution < -0.4 is 19.9 Å². The largest absolute Gasteiger partial charge is 0.486 e. The second-order valence-corrected chi connectivity index (χ2v) is 5.05. The van der Waals surface area contributed by atoms with Crippen LogP contribution in [-0.2, 0) is 4.79 Å². The molecule has 1 aliphatic heterocycles. The molecule has 1 heterocycles. The Morgan fingerprint density at radius 1 is 1.09 bits per heavy atom. The lowest BCUT2D eigenvalue weighted by Gasteiger charge is -2.19. The quantitative estimate of drug-likeness (QED) is 0.941. The van der Waals surface area contributed by atoms with E-state index in [1.54, 1.807) is 13.0 Å². The molecule has 1 amide bonds. The first kappa shape index (κ1) is 14.3. The number of carbonyl (C=O) groups is 1. The zero-order valence-electron chi connectivity index (χ0n) is 12.2. The summed E-state index contributed by atoms with van der Waals surface area (Å²) in [5.41, 5.74) is 7.17. The van der Waals surface area contributed by atoms with E-state index in [1.807, 2.05) is 36.4 Å². The topological polar surface area (TPSA) is 70.8 Å². The Balaban J connectivity index is 1.87. The highest BCUT2D eigenvalue weighted by molar-refractivity contribution is 5.78. The summed E-state index contributed by atoms with van der Waals surface area (Å²) in [6.07, 6.45) is -0.671. The second-order valence-electron chi connectivity index (χ2n) is 5.05. The van der Waals surface area contributed by atoms with E-state index in [0.29, 0.717) is 19.0 Å². The maximum Gasteiger partial charge on any atom is 0.258 e. The molecule has 0 bridgehead atoms. The number of amides is 1. The van der Waals surface area contributed by atoms with Gasteiger partial charge in [-0.15, -0.1) is 0 Å². The van der Waals surface area contributed by atoms with Gasteiger partial charge in [-0.25, -0.2) is 0 Å². The minimum atomic E-state index is -0.671. The van der Waals surface area contributed by atoms with Gasteiger partial charge in [0.25, 0.3) is 5.91 Å². The van der Waals surface area contributed by atoms with Gasteiger partial charge < -0.3 is 19.9 Å². The van der Waals surface area contributed by atoms with Gasteiger partial charge >= 0.3 is 0 Å². The van der Waals surface area contributed by atoms with Crippen molar-refractivity contribution >= 4 is 5.91 Å². The van der Waals surface area contributed by atoms with Crippen LogP contribution in [0.25, 0.3) is 11.1 Å². The summed E-state index contributed by atoms with van der Waals surface area (Å²) < 4.78 is 16.6. The fraction of sp³-hybridized carbons (Fsp3) is 0.235. The predicted molar refractivity (Wildman–Crippen MR) is 82.2 cm³/mol. The molecule has 0 fully saturated rings. The lowest BCUT2D eigenvalue weighted by Crippen LogP contribution is -2.30. The highest BCUT2D eigenvalue weighted by Crippen LogP contribution is 2.35. The van der Waals surface area contributed by atoms with Crippen molar-refractivity contribution in [3.05, 3.63) is 42.5 Å². The SMILES string of the molecule is CC(Oc1cccc(-c2ccc3c(c2)OCCO3)c1)C(N)=O. The van der Waals surface area contributed by atoms with Gasteiger partial charge in [0.05, 0.1) is 0 Å². The van der Waals surface area contributed by atoms with Crippen molar-refractivity contribution in [2.45, 2.75) is 13.0 Å². The molecule has 5 heteroatoms. The first-order valence-corrected chi connectivity index (χ1v) is 7.09. The number of rotatable bonds is 4. The number of benzene rings is 2. The minimum Gasteiger partial charge on any atom is -0.486 e. The average Bonchev–Trinajstić information content (AvgIpc) is 2.54. The molecule has 1 unspecified atom stereocenters. The third-order valence-electron chi connectivity index (χ3n) is 3.42. The predicted octanol–water partition coefficient (Wildman–Crippen LogP) is 2.38. The molecular weight excluding hydrogens is 282 g/mol. The first-order valence-electron chi connectivity index (χ1n) is 7.09. The van der Waals surface area contributed by atoms with Gasteiger partial charge in [0, 0.05) is 0 Å². The molecule has 0 spiro atoms. The molecule has 114 valence electrons.